The molecule has 17 heavy (non-hydrogen) atoms. The van der Waals surface area contributed by atoms with Gasteiger partial charge in [-0.25, -0.2) is 21.1 Å². The third kappa shape index (κ3) is 5.11. The molecule has 1 fully saturated rings. The van der Waals surface area contributed by atoms with E-state index in [9.17, 15) is 16.8 Å². The summed E-state index contributed by atoms with van der Waals surface area (Å²) in [5, 5.41) is 0.159. The maximum absolute atomic E-state index is 11.8. The molecule has 1 aliphatic carbocycles. The molecule has 1 rings (SSSR count). The highest BCUT2D eigenvalue weighted by Crippen LogP contribution is 2.32. The number of nitrogens with zero attached hydrogens (tertiary/aromatic N) is 1. The van der Waals surface area contributed by atoms with Crippen molar-refractivity contribution in [3.8, 4) is 0 Å². The molecule has 0 radical (unpaired) electrons. The van der Waals surface area contributed by atoms with Gasteiger partial charge in [-0.05, 0) is 18.8 Å². The smallest absolute Gasteiger partial charge is 0.214 e. The Labute approximate surface area is 108 Å². The highest BCUT2D eigenvalue weighted by Gasteiger charge is 2.31. The normalized spacial score (nSPS) is 25.9. The van der Waals surface area contributed by atoms with Crippen LogP contribution in [0.3, 0.4) is 0 Å². The molecule has 1 saturated carbocycles. The van der Waals surface area contributed by atoms with Crippen molar-refractivity contribution in [2.24, 2.45) is 5.92 Å². The molecule has 0 unspecified atom stereocenters. The van der Waals surface area contributed by atoms with E-state index in [-0.39, 0.29) is 16.9 Å². The Balaban J connectivity index is 2.46. The second-order valence-electron chi connectivity index (χ2n) is 4.66. The summed E-state index contributed by atoms with van der Waals surface area (Å²) in [7, 11) is -5.23. The number of alkyl halides is 1. The predicted molar refractivity (Wildman–Crippen MR) is 68.5 cm³/mol. The number of rotatable bonds is 6. The van der Waals surface area contributed by atoms with Gasteiger partial charge in [-0.3, -0.25) is 0 Å². The molecule has 0 N–H and O–H groups in total. The van der Waals surface area contributed by atoms with Crippen LogP contribution in [0.4, 0.5) is 0 Å². The van der Waals surface area contributed by atoms with Crippen LogP contribution >= 0.6 is 11.6 Å². The fourth-order valence-electron chi connectivity index (χ4n) is 1.69. The zero-order valence-corrected chi connectivity index (χ0v) is 12.4. The molecule has 0 bridgehead atoms. The summed E-state index contributed by atoms with van der Waals surface area (Å²) in [6.07, 6.45) is 2.69. The second kappa shape index (κ2) is 5.42. The van der Waals surface area contributed by atoms with E-state index in [2.05, 4.69) is 0 Å². The predicted octanol–water partition coefficient (Wildman–Crippen LogP) is 0.310. The molecule has 0 amide bonds. The van der Waals surface area contributed by atoms with Gasteiger partial charge in [0, 0.05) is 25.2 Å². The average molecular weight is 304 g/mol. The highest BCUT2D eigenvalue weighted by atomic mass is 35.5. The van der Waals surface area contributed by atoms with E-state index >= 15 is 0 Å². The molecule has 102 valence electrons. The van der Waals surface area contributed by atoms with Crippen LogP contribution in [0.15, 0.2) is 0 Å². The van der Waals surface area contributed by atoms with Gasteiger partial charge < -0.3 is 0 Å². The Hall–Kier alpha value is 0.150. The number of sulfonamides is 1. The molecule has 0 spiro atoms. The molecule has 0 heterocycles. The first-order chi connectivity index (χ1) is 7.60. The van der Waals surface area contributed by atoms with Crippen molar-refractivity contribution in [1.82, 2.24) is 4.31 Å². The Morgan fingerprint density at radius 2 is 1.71 bits per heavy atom. The summed E-state index contributed by atoms with van der Waals surface area (Å²) >= 11 is 5.82. The molecular formula is C9H18ClNO4S2. The minimum atomic E-state index is -3.47. The molecule has 0 aromatic carbocycles. The Morgan fingerprint density at radius 1 is 1.18 bits per heavy atom. The van der Waals surface area contributed by atoms with Crippen molar-refractivity contribution >= 4 is 31.5 Å². The van der Waals surface area contributed by atoms with Gasteiger partial charge in [0.25, 0.3) is 0 Å². The highest BCUT2D eigenvalue weighted by molar-refractivity contribution is 7.93. The van der Waals surface area contributed by atoms with Crippen molar-refractivity contribution in [2.45, 2.75) is 18.2 Å². The maximum atomic E-state index is 11.8. The summed E-state index contributed by atoms with van der Waals surface area (Å²) in [6, 6.07) is 0. The van der Waals surface area contributed by atoms with Gasteiger partial charge in [-0.1, -0.05) is 0 Å². The van der Waals surface area contributed by atoms with Crippen LogP contribution in [0.2, 0.25) is 0 Å². The van der Waals surface area contributed by atoms with E-state index < -0.39 is 19.9 Å². The van der Waals surface area contributed by atoms with Crippen LogP contribution in [-0.4, -0.2) is 57.9 Å². The first-order valence-electron chi connectivity index (χ1n) is 5.36. The van der Waals surface area contributed by atoms with E-state index in [1.54, 1.807) is 0 Å². The van der Waals surface area contributed by atoms with Crippen LogP contribution in [0, 0.1) is 5.92 Å². The van der Waals surface area contributed by atoms with Gasteiger partial charge in [0.1, 0.15) is 9.84 Å². The Bertz CT molecular complexity index is 453. The van der Waals surface area contributed by atoms with Gasteiger partial charge in [0.05, 0.1) is 11.5 Å². The first-order valence-corrected chi connectivity index (χ1v) is 9.46. The summed E-state index contributed by atoms with van der Waals surface area (Å²) in [4.78, 5) is 0. The van der Waals surface area contributed by atoms with E-state index in [1.165, 1.54) is 11.4 Å². The van der Waals surface area contributed by atoms with Gasteiger partial charge >= 0.3 is 0 Å². The van der Waals surface area contributed by atoms with E-state index in [4.69, 9.17) is 11.6 Å². The van der Waals surface area contributed by atoms with E-state index in [1.807, 2.05) is 0 Å². The average Bonchev–Trinajstić information content (AvgIpc) is 2.11. The molecule has 0 aromatic heterocycles. The van der Waals surface area contributed by atoms with Gasteiger partial charge in [0.15, 0.2) is 0 Å². The lowest BCUT2D eigenvalue weighted by atomic mass is 9.85. The van der Waals surface area contributed by atoms with E-state index in [0.717, 1.165) is 19.1 Å². The van der Waals surface area contributed by atoms with Crippen molar-refractivity contribution in [1.29, 1.82) is 0 Å². The summed E-state index contributed by atoms with van der Waals surface area (Å²) in [6.45, 7) is 0.426. The molecule has 5 nitrogen and oxygen atoms in total. The van der Waals surface area contributed by atoms with E-state index in [0.29, 0.717) is 12.5 Å². The number of hydrogen-bond acceptors (Lipinski definition) is 4. The monoisotopic (exact) mass is 303 g/mol. The largest absolute Gasteiger partial charge is 0.229 e. The quantitative estimate of drug-likeness (QED) is 0.662. The maximum Gasteiger partial charge on any atom is 0.214 e. The van der Waals surface area contributed by atoms with Crippen molar-refractivity contribution < 1.29 is 16.8 Å². The first kappa shape index (κ1) is 15.2. The number of hydrogen-bond donors (Lipinski definition) is 0. The minimum Gasteiger partial charge on any atom is -0.229 e. The van der Waals surface area contributed by atoms with Crippen molar-refractivity contribution in [3.05, 3.63) is 0 Å². The van der Waals surface area contributed by atoms with Crippen LogP contribution in [-0.2, 0) is 19.9 Å². The van der Waals surface area contributed by atoms with Gasteiger partial charge in [0.2, 0.25) is 10.0 Å². The second-order valence-corrected chi connectivity index (χ2v) is 9.73. The lowest BCUT2D eigenvalue weighted by molar-refractivity contribution is 0.268. The fourth-order valence-corrected chi connectivity index (χ4v) is 5.00. The van der Waals surface area contributed by atoms with Crippen LogP contribution in [0.1, 0.15) is 12.8 Å². The van der Waals surface area contributed by atoms with Crippen molar-refractivity contribution in [2.75, 3.05) is 31.4 Å². The zero-order chi connectivity index (χ0) is 13.3. The molecule has 0 aromatic rings. The Morgan fingerprint density at radius 3 is 2.12 bits per heavy atom. The summed E-state index contributed by atoms with van der Waals surface area (Å²) < 4.78 is 46.6. The molecular weight excluding hydrogens is 286 g/mol. The minimum absolute atomic E-state index is 0.159. The SMILES string of the molecule is CN(CC1CC(Cl)C1)S(=O)(=O)CCS(C)(=O)=O. The van der Waals surface area contributed by atoms with Gasteiger partial charge in [-0.2, -0.15) is 0 Å². The molecule has 0 atom stereocenters. The summed E-state index contributed by atoms with van der Waals surface area (Å²) in [5.41, 5.74) is 0. The standard InChI is InChI=1S/C9H18ClNO4S2/c1-11(7-8-5-9(10)6-8)17(14,15)4-3-16(2,12)13/h8-9H,3-7H2,1-2H3. The lowest BCUT2D eigenvalue weighted by Gasteiger charge is -2.33. The molecule has 8 heteroatoms. The summed E-state index contributed by atoms with van der Waals surface area (Å²) in [5.74, 6) is -0.377. The zero-order valence-electron chi connectivity index (χ0n) is 9.96. The molecule has 0 saturated heterocycles. The van der Waals surface area contributed by atoms with Crippen molar-refractivity contribution in [3.63, 3.8) is 0 Å². The Kier molecular flexibility index (Phi) is 4.85. The number of sulfone groups is 1. The lowest BCUT2D eigenvalue weighted by Crippen LogP contribution is -2.39. The van der Waals surface area contributed by atoms with Crippen LogP contribution in [0.5, 0.6) is 0 Å². The number of halogens is 1. The van der Waals surface area contributed by atoms with Crippen LogP contribution in [0.25, 0.3) is 0 Å². The van der Waals surface area contributed by atoms with Gasteiger partial charge in [-0.15, -0.1) is 11.6 Å². The molecule has 0 aliphatic heterocycles. The fraction of sp³-hybridized carbons (Fsp3) is 1.00. The third-order valence-corrected chi connectivity index (χ3v) is 6.26. The topological polar surface area (TPSA) is 71.5 Å². The molecule has 1 aliphatic rings. The van der Waals surface area contributed by atoms with Crippen LogP contribution < -0.4 is 0 Å². The third-order valence-electron chi connectivity index (χ3n) is 2.88.